The maximum atomic E-state index is 11.0. The molecule has 1 aromatic heterocycles. The number of rotatable bonds is 1. The summed E-state index contributed by atoms with van der Waals surface area (Å²) >= 11 is 5.41. The van der Waals surface area contributed by atoms with Crippen LogP contribution >= 0.6 is 11.6 Å². The number of benzene rings is 1. The highest BCUT2D eigenvalue weighted by Gasteiger charge is 2.11. The van der Waals surface area contributed by atoms with Crippen molar-refractivity contribution in [2.45, 2.75) is 6.92 Å². The van der Waals surface area contributed by atoms with Crippen LogP contribution in [0, 0.1) is 6.92 Å². The molecule has 0 bridgehead atoms. The summed E-state index contributed by atoms with van der Waals surface area (Å²) in [7, 11) is 0. The van der Waals surface area contributed by atoms with Crippen molar-refractivity contribution in [3.63, 3.8) is 0 Å². The Kier molecular flexibility index (Phi) is 1.85. The molecule has 0 amide bonds. The summed E-state index contributed by atoms with van der Waals surface area (Å²) in [6, 6.07) is 7.74. The summed E-state index contributed by atoms with van der Waals surface area (Å²) in [5, 5.41) is 0.611. The second-order valence-electron chi connectivity index (χ2n) is 2.94. The summed E-state index contributed by atoms with van der Waals surface area (Å²) in [6.07, 6.45) is 0. The first-order valence-electron chi connectivity index (χ1n) is 3.97. The molecular formula is C10H8ClNO. The number of aromatic nitrogens is 1. The summed E-state index contributed by atoms with van der Waals surface area (Å²) in [5.74, 6) is 0. The number of carbonyl (C=O) groups excluding carboxylic acids is 1. The lowest BCUT2D eigenvalue weighted by molar-refractivity contribution is 0.107. The zero-order valence-corrected chi connectivity index (χ0v) is 7.85. The summed E-state index contributed by atoms with van der Waals surface area (Å²) in [4.78, 5) is 14.0. The lowest BCUT2D eigenvalue weighted by atomic mass is 10.1. The van der Waals surface area contributed by atoms with Crippen LogP contribution in [-0.2, 0) is 0 Å². The topological polar surface area (TPSA) is 32.9 Å². The van der Waals surface area contributed by atoms with Gasteiger partial charge in [0.25, 0.3) is 5.24 Å². The molecule has 2 rings (SSSR count). The van der Waals surface area contributed by atoms with Crippen LogP contribution < -0.4 is 0 Å². The third kappa shape index (κ3) is 1.23. The van der Waals surface area contributed by atoms with Crippen molar-refractivity contribution in [3.8, 4) is 0 Å². The van der Waals surface area contributed by atoms with Crippen LogP contribution in [0.25, 0.3) is 10.9 Å². The van der Waals surface area contributed by atoms with Crippen LogP contribution in [0.5, 0.6) is 0 Å². The van der Waals surface area contributed by atoms with Gasteiger partial charge in [0.1, 0.15) is 5.69 Å². The fourth-order valence-electron chi connectivity index (χ4n) is 1.48. The Hall–Kier alpha value is -1.28. The average molecular weight is 194 g/mol. The van der Waals surface area contributed by atoms with Crippen LogP contribution in [0.3, 0.4) is 0 Å². The monoisotopic (exact) mass is 193 g/mol. The van der Waals surface area contributed by atoms with Gasteiger partial charge < -0.3 is 4.98 Å². The van der Waals surface area contributed by atoms with Crippen molar-refractivity contribution in [1.29, 1.82) is 0 Å². The smallest absolute Gasteiger partial charge is 0.268 e. The van der Waals surface area contributed by atoms with Crippen LogP contribution in [0.1, 0.15) is 16.1 Å². The second-order valence-corrected chi connectivity index (χ2v) is 3.29. The van der Waals surface area contributed by atoms with E-state index in [1.165, 1.54) is 0 Å². The Morgan fingerprint density at radius 3 is 2.69 bits per heavy atom. The largest absolute Gasteiger partial charge is 0.351 e. The molecule has 13 heavy (non-hydrogen) atoms. The minimum atomic E-state index is -0.436. The van der Waals surface area contributed by atoms with E-state index in [0.29, 0.717) is 5.69 Å². The van der Waals surface area contributed by atoms with E-state index in [1.54, 1.807) is 0 Å². The van der Waals surface area contributed by atoms with Gasteiger partial charge in [-0.2, -0.15) is 0 Å². The summed E-state index contributed by atoms with van der Waals surface area (Å²) in [5.41, 5.74) is 2.35. The average Bonchev–Trinajstić information content (AvgIpc) is 2.45. The number of hydrogen-bond donors (Lipinski definition) is 1. The third-order valence-corrected chi connectivity index (χ3v) is 2.35. The molecular weight excluding hydrogens is 186 g/mol. The Labute approximate surface area is 80.5 Å². The van der Waals surface area contributed by atoms with E-state index in [0.717, 1.165) is 16.5 Å². The number of aromatic amines is 1. The van der Waals surface area contributed by atoms with E-state index < -0.39 is 5.24 Å². The molecule has 0 aliphatic rings. The molecule has 2 nitrogen and oxygen atoms in total. The molecule has 2 aromatic rings. The molecule has 0 atom stereocenters. The van der Waals surface area contributed by atoms with Gasteiger partial charge in [-0.25, -0.2) is 0 Å². The fourth-order valence-corrected chi connectivity index (χ4v) is 1.67. The Morgan fingerprint density at radius 1 is 1.38 bits per heavy atom. The molecule has 0 saturated carbocycles. The molecule has 0 aliphatic heterocycles. The van der Waals surface area contributed by atoms with Crippen LogP contribution in [-0.4, -0.2) is 10.2 Å². The molecule has 1 heterocycles. The standard InChI is InChI=1S/C10H8ClNO/c1-6-7-4-2-3-5-8(7)12-9(6)10(11)13/h2-5,12H,1H3. The highest BCUT2D eigenvalue weighted by atomic mass is 35.5. The number of carbonyl (C=O) groups is 1. The van der Waals surface area contributed by atoms with Crippen LogP contribution in [0.4, 0.5) is 0 Å². The van der Waals surface area contributed by atoms with Crippen LogP contribution in [0.15, 0.2) is 24.3 Å². The van der Waals surface area contributed by atoms with Crippen molar-refractivity contribution in [2.24, 2.45) is 0 Å². The molecule has 0 spiro atoms. The minimum absolute atomic E-state index is 0.436. The van der Waals surface area contributed by atoms with E-state index in [2.05, 4.69) is 4.98 Å². The Balaban J connectivity index is 2.81. The van der Waals surface area contributed by atoms with Gasteiger partial charge in [-0.05, 0) is 30.2 Å². The molecule has 1 aromatic carbocycles. The zero-order chi connectivity index (χ0) is 9.42. The zero-order valence-electron chi connectivity index (χ0n) is 7.10. The first-order chi connectivity index (χ1) is 6.20. The molecule has 0 unspecified atom stereocenters. The van der Waals surface area contributed by atoms with E-state index in [1.807, 2.05) is 31.2 Å². The predicted octanol–water partition coefficient (Wildman–Crippen LogP) is 2.86. The summed E-state index contributed by atoms with van der Waals surface area (Å²) in [6.45, 7) is 1.88. The van der Waals surface area contributed by atoms with Gasteiger partial charge in [-0.15, -0.1) is 0 Å². The highest BCUT2D eigenvalue weighted by molar-refractivity contribution is 6.67. The molecule has 1 N–H and O–H groups in total. The number of H-pyrrole nitrogens is 1. The number of aryl methyl sites for hydroxylation is 1. The van der Waals surface area contributed by atoms with Gasteiger partial charge >= 0.3 is 0 Å². The van der Waals surface area contributed by atoms with Gasteiger partial charge in [-0.1, -0.05) is 18.2 Å². The minimum Gasteiger partial charge on any atom is -0.351 e. The van der Waals surface area contributed by atoms with E-state index >= 15 is 0 Å². The number of fused-ring (bicyclic) bond motifs is 1. The molecule has 0 aliphatic carbocycles. The lowest BCUT2D eigenvalue weighted by Crippen LogP contribution is -1.90. The summed E-state index contributed by atoms with van der Waals surface area (Å²) < 4.78 is 0. The van der Waals surface area contributed by atoms with E-state index in [-0.39, 0.29) is 0 Å². The second kappa shape index (κ2) is 2.89. The van der Waals surface area contributed by atoms with Crippen molar-refractivity contribution in [1.82, 2.24) is 4.98 Å². The van der Waals surface area contributed by atoms with E-state index in [9.17, 15) is 4.79 Å². The Morgan fingerprint density at radius 2 is 2.08 bits per heavy atom. The number of halogens is 1. The van der Waals surface area contributed by atoms with Crippen molar-refractivity contribution < 1.29 is 4.79 Å². The molecule has 3 heteroatoms. The fraction of sp³-hybridized carbons (Fsp3) is 0.100. The predicted molar refractivity (Wildman–Crippen MR) is 53.2 cm³/mol. The molecule has 0 fully saturated rings. The first-order valence-corrected chi connectivity index (χ1v) is 4.35. The molecule has 0 saturated heterocycles. The number of hydrogen-bond acceptors (Lipinski definition) is 1. The normalized spacial score (nSPS) is 10.6. The van der Waals surface area contributed by atoms with Gasteiger partial charge in [0.15, 0.2) is 0 Å². The van der Waals surface area contributed by atoms with Crippen molar-refractivity contribution in [3.05, 3.63) is 35.5 Å². The van der Waals surface area contributed by atoms with Gasteiger partial charge in [0, 0.05) is 10.9 Å². The third-order valence-electron chi connectivity index (χ3n) is 2.16. The van der Waals surface area contributed by atoms with Gasteiger partial charge in [0.2, 0.25) is 0 Å². The van der Waals surface area contributed by atoms with Gasteiger partial charge in [0.05, 0.1) is 0 Å². The molecule has 66 valence electrons. The van der Waals surface area contributed by atoms with Crippen molar-refractivity contribution >= 4 is 27.7 Å². The first kappa shape index (κ1) is 8.32. The maximum Gasteiger partial charge on any atom is 0.268 e. The number of para-hydroxylation sites is 1. The quantitative estimate of drug-likeness (QED) is 0.695. The Bertz CT molecular complexity index is 473. The molecule has 0 radical (unpaired) electrons. The van der Waals surface area contributed by atoms with Gasteiger partial charge in [-0.3, -0.25) is 4.79 Å². The lowest BCUT2D eigenvalue weighted by Gasteiger charge is -1.89. The number of nitrogens with one attached hydrogen (secondary N) is 1. The maximum absolute atomic E-state index is 11.0. The highest BCUT2D eigenvalue weighted by Crippen LogP contribution is 2.22. The SMILES string of the molecule is Cc1c(C(=O)Cl)[nH]c2ccccc12. The van der Waals surface area contributed by atoms with E-state index in [4.69, 9.17) is 11.6 Å². The van der Waals surface area contributed by atoms with Crippen molar-refractivity contribution in [2.75, 3.05) is 0 Å². The van der Waals surface area contributed by atoms with Crippen LogP contribution in [0.2, 0.25) is 0 Å².